The number of hydrogen-bond donors (Lipinski definition) is 2. The van der Waals surface area contributed by atoms with E-state index in [4.69, 9.17) is 10.8 Å². The highest BCUT2D eigenvalue weighted by Crippen LogP contribution is 2.50. The van der Waals surface area contributed by atoms with E-state index < -0.39 is 17.3 Å². The number of fused-ring (bicyclic) bond motifs is 3. The molecule has 21 heavy (non-hydrogen) atoms. The Labute approximate surface area is 122 Å². The summed E-state index contributed by atoms with van der Waals surface area (Å²) in [6.07, 6.45) is 0.0668. The van der Waals surface area contributed by atoms with Crippen molar-refractivity contribution in [3.8, 4) is 11.1 Å². The highest BCUT2D eigenvalue weighted by Gasteiger charge is 2.47. The fourth-order valence-corrected chi connectivity index (χ4v) is 3.28. The van der Waals surface area contributed by atoms with Gasteiger partial charge in [0.1, 0.15) is 5.41 Å². The third-order valence-corrected chi connectivity index (χ3v) is 4.20. The van der Waals surface area contributed by atoms with Crippen molar-refractivity contribution in [2.75, 3.05) is 0 Å². The van der Waals surface area contributed by atoms with Crippen LogP contribution in [-0.4, -0.2) is 17.0 Å². The van der Waals surface area contributed by atoms with Crippen LogP contribution in [0.5, 0.6) is 0 Å². The molecule has 3 N–H and O–H groups in total. The minimum Gasteiger partial charge on any atom is -0.481 e. The van der Waals surface area contributed by atoms with Crippen LogP contribution in [0, 0.1) is 0 Å². The third-order valence-electron chi connectivity index (χ3n) is 4.20. The van der Waals surface area contributed by atoms with Crippen LogP contribution in [0.1, 0.15) is 24.0 Å². The first-order valence-electron chi connectivity index (χ1n) is 6.78. The summed E-state index contributed by atoms with van der Waals surface area (Å²) >= 11 is 0. The summed E-state index contributed by atoms with van der Waals surface area (Å²) in [7, 11) is 0. The lowest BCUT2D eigenvalue weighted by Crippen LogP contribution is -2.41. The van der Waals surface area contributed by atoms with Crippen LogP contribution in [0.4, 0.5) is 0 Å². The van der Waals surface area contributed by atoms with Crippen molar-refractivity contribution < 1.29 is 14.7 Å². The van der Waals surface area contributed by atoms with Crippen molar-refractivity contribution in [3.05, 3.63) is 59.7 Å². The van der Waals surface area contributed by atoms with Gasteiger partial charge in [-0.15, -0.1) is 0 Å². The van der Waals surface area contributed by atoms with Gasteiger partial charge in [0.25, 0.3) is 0 Å². The van der Waals surface area contributed by atoms with E-state index in [0.29, 0.717) is 0 Å². The van der Waals surface area contributed by atoms with Crippen LogP contribution in [-0.2, 0) is 15.0 Å². The molecule has 106 valence electrons. The molecule has 0 saturated carbocycles. The van der Waals surface area contributed by atoms with Crippen molar-refractivity contribution in [3.63, 3.8) is 0 Å². The summed E-state index contributed by atoms with van der Waals surface area (Å²) in [6, 6.07) is 15.1. The number of carboxylic acids is 1. The van der Waals surface area contributed by atoms with E-state index in [9.17, 15) is 9.59 Å². The second kappa shape index (κ2) is 4.74. The number of carbonyl (C=O) groups is 2. The fraction of sp³-hybridized carbons (Fsp3) is 0.176. The molecule has 0 unspecified atom stereocenters. The summed E-state index contributed by atoms with van der Waals surface area (Å²) in [4.78, 5) is 23.3. The van der Waals surface area contributed by atoms with Crippen LogP contribution in [0.2, 0.25) is 0 Å². The molecular weight excluding hydrogens is 266 g/mol. The Hall–Kier alpha value is -2.62. The van der Waals surface area contributed by atoms with Crippen LogP contribution in [0.3, 0.4) is 0 Å². The Morgan fingerprint density at radius 2 is 1.43 bits per heavy atom. The predicted octanol–water partition coefficient (Wildman–Crippen LogP) is 2.30. The van der Waals surface area contributed by atoms with Gasteiger partial charge in [-0.25, -0.2) is 0 Å². The minimum atomic E-state index is -1.05. The van der Waals surface area contributed by atoms with Crippen molar-refractivity contribution >= 4 is 11.9 Å². The zero-order chi connectivity index (χ0) is 15.0. The molecule has 0 aromatic heterocycles. The first kappa shape index (κ1) is 13.4. The number of benzene rings is 2. The Morgan fingerprint density at radius 3 is 1.86 bits per heavy atom. The largest absolute Gasteiger partial charge is 0.481 e. The van der Waals surface area contributed by atoms with E-state index in [1.165, 1.54) is 0 Å². The number of rotatable bonds is 4. The van der Waals surface area contributed by atoms with Crippen molar-refractivity contribution in [1.29, 1.82) is 0 Å². The number of primary amides is 1. The second-order valence-electron chi connectivity index (χ2n) is 5.25. The molecule has 0 fully saturated rings. The van der Waals surface area contributed by atoms with E-state index in [1.54, 1.807) is 0 Å². The lowest BCUT2D eigenvalue weighted by Gasteiger charge is -2.28. The molecule has 2 aromatic rings. The number of amides is 1. The Bertz CT molecular complexity index is 691. The SMILES string of the molecule is NC(=O)C1(CCC(=O)O)c2ccccc2-c2ccccc21. The summed E-state index contributed by atoms with van der Waals surface area (Å²) in [5.41, 5.74) is 8.19. The highest BCUT2D eigenvalue weighted by atomic mass is 16.4. The van der Waals surface area contributed by atoms with Gasteiger partial charge in [0.15, 0.2) is 0 Å². The lowest BCUT2D eigenvalue weighted by atomic mass is 9.74. The number of nitrogens with two attached hydrogens (primary N) is 1. The van der Waals surface area contributed by atoms with Gasteiger partial charge in [0.2, 0.25) is 5.91 Å². The molecule has 1 aliphatic carbocycles. The van der Waals surface area contributed by atoms with E-state index >= 15 is 0 Å². The molecule has 0 spiro atoms. The molecule has 0 aliphatic heterocycles. The van der Waals surface area contributed by atoms with Gasteiger partial charge in [0.05, 0.1) is 0 Å². The Balaban J connectivity index is 2.28. The average molecular weight is 281 g/mol. The number of carboxylic acid groups (broad SMARTS) is 1. The van der Waals surface area contributed by atoms with Crippen molar-refractivity contribution in [2.45, 2.75) is 18.3 Å². The quantitative estimate of drug-likeness (QED) is 0.902. The first-order chi connectivity index (χ1) is 10.1. The molecule has 1 amide bonds. The average Bonchev–Trinajstić information content (AvgIpc) is 2.77. The summed E-state index contributed by atoms with van der Waals surface area (Å²) in [5, 5.41) is 9.01. The summed E-state index contributed by atoms with van der Waals surface area (Å²) in [5.74, 6) is -1.43. The van der Waals surface area contributed by atoms with Crippen molar-refractivity contribution in [2.24, 2.45) is 5.73 Å². The molecule has 0 saturated heterocycles. The predicted molar refractivity (Wildman–Crippen MR) is 78.7 cm³/mol. The van der Waals surface area contributed by atoms with Crippen LogP contribution >= 0.6 is 0 Å². The number of carbonyl (C=O) groups excluding carboxylic acids is 1. The van der Waals surface area contributed by atoms with Crippen LogP contribution in [0.25, 0.3) is 11.1 Å². The smallest absolute Gasteiger partial charge is 0.303 e. The zero-order valence-electron chi connectivity index (χ0n) is 11.4. The van der Waals surface area contributed by atoms with Crippen molar-refractivity contribution in [1.82, 2.24) is 0 Å². The van der Waals surface area contributed by atoms with E-state index in [0.717, 1.165) is 22.3 Å². The van der Waals surface area contributed by atoms with Crippen LogP contribution < -0.4 is 5.73 Å². The van der Waals surface area contributed by atoms with Gasteiger partial charge >= 0.3 is 5.97 Å². The van der Waals surface area contributed by atoms with E-state index in [1.807, 2.05) is 48.5 Å². The fourth-order valence-electron chi connectivity index (χ4n) is 3.28. The molecular formula is C17H15NO3. The summed E-state index contributed by atoms with van der Waals surface area (Å²) < 4.78 is 0. The second-order valence-corrected chi connectivity index (χ2v) is 5.25. The molecule has 0 atom stereocenters. The molecule has 1 aliphatic rings. The number of hydrogen-bond acceptors (Lipinski definition) is 2. The molecule has 2 aromatic carbocycles. The molecule has 0 heterocycles. The third kappa shape index (κ3) is 1.83. The molecule has 3 rings (SSSR count). The van der Waals surface area contributed by atoms with E-state index in [-0.39, 0.29) is 12.8 Å². The normalized spacial score (nSPS) is 14.3. The molecule has 4 nitrogen and oxygen atoms in total. The zero-order valence-corrected chi connectivity index (χ0v) is 11.4. The van der Waals surface area contributed by atoms with Crippen LogP contribution in [0.15, 0.2) is 48.5 Å². The standard InChI is InChI=1S/C17H15NO3/c18-16(21)17(10-9-15(19)20)13-7-3-1-5-11(13)12-6-2-4-8-14(12)17/h1-8H,9-10H2,(H2,18,21)(H,19,20). The maximum absolute atomic E-state index is 12.3. The lowest BCUT2D eigenvalue weighted by molar-refractivity contribution is -0.137. The van der Waals surface area contributed by atoms with Gasteiger partial charge in [-0.2, -0.15) is 0 Å². The van der Waals surface area contributed by atoms with Gasteiger partial charge in [-0.1, -0.05) is 48.5 Å². The van der Waals surface area contributed by atoms with Gasteiger partial charge in [-0.05, 0) is 28.7 Å². The first-order valence-corrected chi connectivity index (χ1v) is 6.78. The maximum Gasteiger partial charge on any atom is 0.303 e. The van der Waals surface area contributed by atoms with Gasteiger partial charge in [-0.3, -0.25) is 9.59 Å². The maximum atomic E-state index is 12.3. The Kier molecular flexibility index (Phi) is 3.01. The Morgan fingerprint density at radius 1 is 0.952 bits per heavy atom. The molecule has 0 radical (unpaired) electrons. The molecule has 0 bridgehead atoms. The van der Waals surface area contributed by atoms with E-state index in [2.05, 4.69) is 0 Å². The highest BCUT2D eigenvalue weighted by molar-refractivity contribution is 6.00. The van der Waals surface area contributed by atoms with Gasteiger partial charge < -0.3 is 10.8 Å². The topological polar surface area (TPSA) is 80.4 Å². The summed E-state index contributed by atoms with van der Waals surface area (Å²) in [6.45, 7) is 0. The molecule has 4 heteroatoms. The van der Waals surface area contributed by atoms with Gasteiger partial charge in [0, 0.05) is 6.42 Å². The monoisotopic (exact) mass is 281 g/mol. The number of aliphatic carboxylic acids is 1. The minimum absolute atomic E-state index is 0.106.